The zero-order chi connectivity index (χ0) is 13.9. The van der Waals surface area contributed by atoms with E-state index in [4.69, 9.17) is 0 Å². The molecule has 4 heteroatoms. The molecule has 2 aromatic carbocycles. The Balaban J connectivity index is 1.79. The van der Waals surface area contributed by atoms with Gasteiger partial charge in [-0.2, -0.15) is 0 Å². The standard InChI is InChI=1S/C16H15N3O/c1-12-6-2-3-7-13(12)10-17-16(20)19-11-18-14-8-4-5-9-15(14)19/h2-9,11H,10H2,1H3,(H,17,20). The monoisotopic (exact) mass is 265 g/mol. The second-order valence-electron chi connectivity index (χ2n) is 4.69. The Labute approximate surface area is 117 Å². The summed E-state index contributed by atoms with van der Waals surface area (Å²) in [6, 6.07) is 15.4. The van der Waals surface area contributed by atoms with Gasteiger partial charge in [0.2, 0.25) is 0 Å². The molecule has 0 unspecified atom stereocenters. The Morgan fingerprint density at radius 2 is 1.90 bits per heavy atom. The zero-order valence-corrected chi connectivity index (χ0v) is 11.2. The summed E-state index contributed by atoms with van der Waals surface area (Å²) >= 11 is 0. The van der Waals surface area contributed by atoms with Crippen molar-refractivity contribution in [2.75, 3.05) is 0 Å². The van der Waals surface area contributed by atoms with E-state index in [1.54, 1.807) is 6.33 Å². The number of amides is 1. The Morgan fingerprint density at radius 1 is 1.15 bits per heavy atom. The second kappa shape index (κ2) is 5.17. The van der Waals surface area contributed by atoms with E-state index >= 15 is 0 Å². The number of benzene rings is 2. The number of nitrogens with one attached hydrogen (secondary N) is 1. The third kappa shape index (κ3) is 2.28. The molecule has 0 bridgehead atoms. The van der Waals surface area contributed by atoms with Gasteiger partial charge < -0.3 is 5.32 Å². The fourth-order valence-electron chi connectivity index (χ4n) is 2.19. The number of carbonyl (C=O) groups excluding carboxylic acids is 1. The molecule has 0 atom stereocenters. The molecule has 1 heterocycles. The van der Waals surface area contributed by atoms with Crippen molar-refractivity contribution in [3.8, 4) is 0 Å². The number of hydrogen-bond donors (Lipinski definition) is 1. The van der Waals surface area contributed by atoms with E-state index in [-0.39, 0.29) is 6.03 Å². The SMILES string of the molecule is Cc1ccccc1CNC(=O)n1cnc2ccccc21. The first-order chi connectivity index (χ1) is 9.75. The smallest absolute Gasteiger partial charge is 0.327 e. The number of nitrogens with zero attached hydrogens (tertiary/aromatic N) is 2. The summed E-state index contributed by atoms with van der Waals surface area (Å²) in [5, 5.41) is 2.92. The lowest BCUT2D eigenvalue weighted by molar-refractivity contribution is 0.242. The molecule has 3 aromatic rings. The summed E-state index contributed by atoms with van der Waals surface area (Å²) in [7, 11) is 0. The van der Waals surface area contributed by atoms with E-state index < -0.39 is 0 Å². The molecule has 1 aromatic heterocycles. The normalized spacial score (nSPS) is 10.7. The van der Waals surface area contributed by atoms with E-state index in [1.165, 1.54) is 10.1 Å². The van der Waals surface area contributed by atoms with Crippen LogP contribution in [0.5, 0.6) is 0 Å². The van der Waals surface area contributed by atoms with Gasteiger partial charge in [-0.15, -0.1) is 0 Å². The average molecular weight is 265 g/mol. The maximum Gasteiger partial charge on any atom is 0.327 e. The van der Waals surface area contributed by atoms with Gasteiger partial charge in [-0.05, 0) is 30.2 Å². The lowest BCUT2D eigenvalue weighted by atomic mass is 10.1. The molecule has 0 aliphatic carbocycles. The molecule has 4 nitrogen and oxygen atoms in total. The maximum absolute atomic E-state index is 12.2. The zero-order valence-electron chi connectivity index (χ0n) is 11.2. The number of fused-ring (bicyclic) bond motifs is 1. The number of aryl methyl sites for hydroxylation is 1. The lowest BCUT2D eigenvalue weighted by Gasteiger charge is -2.08. The van der Waals surface area contributed by atoms with Gasteiger partial charge in [0, 0.05) is 6.54 Å². The molecule has 20 heavy (non-hydrogen) atoms. The van der Waals surface area contributed by atoms with E-state index in [0.717, 1.165) is 16.6 Å². The fourth-order valence-corrected chi connectivity index (χ4v) is 2.19. The third-order valence-electron chi connectivity index (χ3n) is 3.36. The topological polar surface area (TPSA) is 46.9 Å². The van der Waals surface area contributed by atoms with Gasteiger partial charge in [0.1, 0.15) is 6.33 Å². The molecule has 0 radical (unpaired) electrons. The van der Waals surface area contributed by atoms with Crippen LogP contribution >= 0.6 is 0 Å². The number of imidazole rings is 1. The summed E-state index contributed by atoms with van der Waals surface area (Å²) in [5.74, 6) is 0. The highest BCUT2D eigenvalue weighted by Crippen LogP contribution is 2.11. The second-order valence-corrected chi connectivity index (χ2v) is 4.69. The summed E-state index contributed by atoms with van der Waals surface area (Å²) in [5.41, 5.74) is 3.92. The number of rotatable bonds is 2. The van der Waals surface area contributed by atoms with Gasteiger partial charge in [-0.25, -0.2) is 9.78 Å². The molecular formula is C16H15N3O. The van der Waals surface area contributed by atoms with Crippen molar-refractivity contribution < 1.29 is 4.79 Å². The van der Waals surface area contributed by atoms with Crippen LogP contribution in [0.15, 0.2) is 54.9 Å². The highest BCUT2D eigenvalue weighted by Gasteiger charge is 2.09. The van der Waals surface area contributed by atoms with Crippen molar-refractivity contribution in [1.29, 1.82) is 0 Å². The van der Waals surface area contributed by atoms with Gasteiger partial charge in [0.25, 0.3) is 0 Å². The summed E-state index contributed by atoms with van der Waals surface area (Å²) in [6.45, 7) is 2.55. The minimum Gasteiger partial charge on any atom is -0.333 e. The maximum atomic E-state index is 12.2. The summed E-state index contributed by atoms with van der Waals surface area (Å²) < 4.78 is 1.54. The van der Waals surface area contributed by atoms with Crippen LogP contribution in [0.3, 0.4) is 0 Å². The summed E-state index contributed by atoms with van der Waals surface area (Å²) in [4.78, 5) is 16.4. The molecule has 0 fully saturated rings. The van der Waals surface area contributed by atoms with Crippen LogP contribution in [0.1, 0.15) is 11.1 Å². The minimum absolute atomic E-state index is 0.165. The van der Waals surface area contributed by atoms with Gasteiger partial charge in [0.15, 0.2) is 0 Å². The van der Waals surface area contributed by atoms with Crippen LogP contribution in [-0.4, -0.2) is 15.6 Å². The predicted octanol–water partition coefficient (Wildman–Crippen LogP) is 3.10. The molecule has 0 spiro atoms. The van der Waals surface area contributed by atoms with Crippen molar-refractivity contribution in [2.45, 2.75) is 13.5 Å². The van der Waals surface area contributed by atoms with Crippen LogP contribution in [0.4, 0.5) is 4.79 Å². The van der Waals surface area contributed by atoms with Crippen LogP contribution in [-0.2, 0) is 6.54 Å². The highest BCUT2D eigenvalue weighted by atomic mass is 16.2. The Kier molecular flexibility index (Phi) is 3.21. The van der Waals surface area contributed by atoms with Gasteiger partial charge in [-0.1, -0.05) is 36.4 Å². The first-order valence-electron chi connectivity index (χ1n) is 6.50. The van der Waals surface area contributed by atoms with Crippen LogP contribution in [0, 0.1) is 6.92 Å². The van der Waals surface area contributed by atoms with Crippen molar-refractivity contribution in [3.63, 3.8) is 0 Å². The average Bonchev–Trinajstić information content (AvgIpc) is 2.90. The van der Waals surface area contributed by atoms with Crippen LogP contribution in [0.2, 0.25) is 0 Å². The fraction of sp³-hybridized carbons (Fsp3) is 0.125. The lowest BCUT2D eigenvalue weighted by Crippen LogP contribution is -2.27. The van der Waals surface area contributed by atoms with E-state index in [9.17, 15) is 4.79 Å². The van der Waals surface area contributed by atoms with E-state index in [2.05, 4.69) is 10.3 Å². The number of para-hydroxylation sites is 2. The first-order valence-corrected chi connectivity index (χ1v) is 6.50. The molecule has 3 rings (SSSR count). The largest absolute Gasteiger partial charge is 0.333 e. The third-order valence-corrected chi connectivity index (χ3v) is 3.36. The van der Waals surface area contributed by atoms with Crippen LogP contribution in [0.25, 0.3) is 11.0 Å². The molecule has 0 saturated heterocycles. The highest BCUT2D eigenvalue weighted by molar-refractivity contribution is 5.88. The Hall–Kier alpha value is -2.62. The van der Waals surface area contributed by atoms with Crippen molar-refractivity contribution in [2.24, 2.45) is 0 Å². The van der Waals surface area contributed by atoms with Crippen molar-refractivity contribution >= 4 is 17.1 Å². The van der Waals surface area contributed by atoms with Gasteiger partial charge in [-0.3, -0.25) is 4.57 Å². The predicted molar refractivity (Wildman–Crippen MR) is 78.5 cm³/mol. The summed E-state index contributed by atoms with van der Waals surface area (Å²) in [6.07, 6.45) is 1.55. The molecule has 100 valence electrons. The molecule has 1 N–H and O–H groups in total. The first kappa shape index (κ1) is 12.4. The molecular weight excluding hydrogens is 250 g/mol. The number of hydrogen-bond acceptors (Lipinski definition) is 2. The van der Waals surface area contributed by atoms with Gasteiger partial charge >= 0.3 is 6.03 Å². The molecule has 1 amide bonds. The quantitative estimate of drug-likeness (QED) is 0.774. The Bertz CT molecular complexity index is 761. The van der Waals surface area contributed by atoms with Crippen LogP contribution < -0.4 is 5.32 Å². The molecule has 0 aliphatic rings. The number of aromatic nitrogens is 2. The van der Waals surface area contributed by atoms with Crippen molar-refractivity contribution in [1.82, 2.24) is 14.9 Å². The number of carbonyl (C=O) groups is 1. The van der Waals surface area contributed by atoms with Crippen molar-refractivity contribution in [3.05, 3.63) is 66.0 Å². The molecule has 0 aliphatic heterocycles. The minimum atomic E-state index is -0.165. The van der Waals surface area contributed by atoms with E-state index in [0.29, 0.717) is 6.54 Å². The van der Waals surface area contributed by atoms with Gasteiger partial charge in [0.05, 0.1) is 11.0 Å². The Morgan fingerprint density at radius 3 is 2.75 bits per heavy atom. The van der Waals surface area contributed by atoms with E-state index in [1.807, 2.05) is 55.5 Å². The molecule has 0 saturated carbocycles.